The van der Waals surface area contributed by atoms with Gasteiger partial charge in [0.1, 0.15) is 11.5 Å². The molecule has 0 fully saturated rings. The van der Waals surface area contributed by atoms with Crippen LogP contribution in [0.3, 0.4) is 0 Å². The molecule has 0 radical (unpaired) electrons. The number of nitrogens with zero attached hydrogens (tertiary/aromatic N) is 1. The summed E-state index contributed by atoms with van der Waals surface area (Å²) in [5.74, 6) is 0.435. The number of methoxy groups -OCH3 is 1. The van der Waals surface area contributed by atoms with Crippen molar-refractivity contribution >= 4 is 17.5 Å². The molecule has 2 aromatic carbocycles. The van der Waals surface area contributed by atoms with Crippen LogP contribution in [0.15, 0.2) is 42.5 Å². The number of ether oxygens (including phenoxy) is 2. The molecule has 0 heterocycles. The van der Waals surface area contributed by atoms with E-state index in [-0.39, 0.29) is 24.8 Å². The molecule has 140 valence electrons. The van der Waals surface area contributed by atoms with Crippen molar-refractivity contribution in [3.63, 3.8) is 0 Å². The second-order valence-corrected chi connectivity index (χ2v) is 5.95. The molecule has 0 aliphatic heterocycles. The highest BCUT2D eigenvalue weighted by molar-refractivity contribution is 6.30. The summed E-state index contributed by atoms with van der Waals surface area (Å²) in [4.78, 5) is 13.6. The quantitative estimate of drug-likeness (QED) is 0.737. The zero-order valence-electron chi connectivity index (χ0n) is 14.1. The van der Waals surface area contributed by atoms with Crippen LogP contribution in [0, 0.1) is 0 Å². The van der Waals surface area contributed by atoms with E-state index in [1.54, 1.807) is 25.2 Å². The molecular formula is C18H17ClF3NO3. The summed E-state index contributed by atoms with van der Waals surface area (Å²) >= 11 is 5.96. The number of halogens is 4. The van der Waals surface area contributed by atoms with Gasteiger partial charge in [0.05, 0.1) is 12.7 Å². The molecule has 2 rings (SSSR count). The summed E-state index contributed by atoms with van der Waals surface area (Å²) in [5.41, 5.74) is -0.0493. The Labute approximate surface area is 154 Å². The van der Waals surface area contributed by atoms with Gasteiger partial charge in [-0.3, -0.25) is 4.79 Å². The fourth-order valence-corrected chi connectivity index (χ4v) is 2.40. The van der Waals surface area contributed by atoms with Crippen molar-refractivity contribution in [3.05, 3.63) is 58.6 Å². The minimum Gasteiger partial charge on any atom is -0.496 e. The Hall–Kier alpha value is -2.41. The second kappa shape index (κ2) is 8.31. The van der Waals surface area contributed by atoms with Gasteiger partial charge in [0.15, 0.2) is 6.61 Å². The molecule has 26 heavy (non-hydrogen) atoms. The van der Waals surface area contributed by atoms with Crippen LogP contribution in [-0.4, -0.2) is 31.6 Å². The summed E-state index contributed by atoms with van der Waals surface area (Å²) in [7, 11) is 3.10. The fraction of sp³-hybridized carbons (Fsp3) is 0.278. The van der Waals surface area contributed by atoms with E-state index >= 15 is 0 Å². The summed E-state index contributed by atoms with van der Waals surface area (Å²) in [6.45, 7) is -0.0519. The van der Waals surface area contributed by atoms with Crippen LogP contribution in [0.25, 0.3) is 0 Å². The van der Waals surface area contributed by atoms with Gasteiger partial charge in [-0.2, -0.15) is 13.2 Å². The van der Waals surface area contributed by atoms with E-state index < -0.39 is 11.7 Å². The summed E-state index contributed by atoms with van der Waals surface area (Å²) < 4.78 is 48.0. The Balaban J connectivity index is 1.94. The molecule has 0 N–H and O–H groups in total. The van der Waals surface area contributed by atoms with E-state index in [0.717, 1.165) is 17.7 Å². The van der Waals surface area contributed by atoms with Crippen molar-refractivity contribution in [1.29, 1.82) is 0 Å². The average Bonchev–Trinajstić information content (AvgIpc) is 2.59. The summed E-state index contributed by atoms with van der Waals surface area (Å²) in [5, 5.41) is 0.516. The molecular weight excluding hydrogens is 371 g/mol. The van der Waals surface area contributed by atoms with Crippen LogP contribution in [0.1, 0.15) is 11.1 Å². The maximum atomic E-state index is 12.5. The third-order valence-electron chi connectivity index (χ3n) is 3.62. The van der Waals surface area contributed by atoms with Gasteiger partial charge < -0.3 is 14.4 Å². The number of likely N-dealkylation sites (N-methyl/N-ethyl adjacent to an activating group) is 1. The first-order chi connectivity index (χ1) is 12.2. The Morgan fingerprint density at radius 3 is 2.38 bits per heavy atom. The van der Waals surface area contributed by atoms with Crippen LogP contribution in [-0.2, 0) is 17.5 Å². The molecule has 1 amide bonds. The normalized spacial score (nSPS) is 11.2. The van der Waals surface area contributed by atoms with Crippen molar-refractivity contribution in [3.8, 4) is 11.5 Å². The van der Waals surface area contributed by atoms with Crippen LogP contribution in [0.2, 0.25) is 5.02 Å². The third-order valence-corrected chi connectivity index (χ3v) is 3.85. The van der Waals surface area contributed by atoms with E-state index in [1.807, 2.05) is 0 Å². The first-order valence-corrected chi connectivity index (χ1v) is 7.95. The SMILES string of the molecule is COc1ccc(Cl)cc1CN(C)C(=O)COc1ccc(C(F)(F)F)cc1. The molecule has 0 saturated heterocycles. The van der Waals surface area contributed by atoms with Crippen molar-refractivity contribution in [2.75, 3.05) is 20.8 Å². The summed E-state index contributed by atoms with van der Waals surface area (Å²) in [6.07, 6.45) is -4.41. The Morgan fingerprint density at radius 2 is 1.81 bits per heavy atom. The molecule has 2 aromatic rings. The van der Waals surface area contributed by atoms with Gasteiger partial charge in [0, 0.05) is 24.2 Å². The zero-order chi connectivity index (χ0) is 19.3. The number of rotatable bonds is 6. The molecule has 8 heteroatoms. The highest BCUT2D eigenvalue weighted by Crippen LogP contribution is 2.30. The van der Waals surface area contributed by atoms with E-state index in [1.165, 1.54) is 24.1 Å². The Kier molecular flexibility index (Phi) is 6.37. The lowest BCUT2D eigenvalue weighted by molar-refractivity contribution is -0.137. The largest absolute Gasteiger partial charge is 0.496 e. The Bertz CT molecular complexity index is 763. The van der Waals surface area contributed by atoms with E-state index in [4.69, 9.17) is 21.1 Å². The lowest BCUT2D eigenvalue weighted by Gasteiger charge is -2.19. The molecule has 0 aliphatic carbocycles. The molecule has 0 atom stereocenters. The monoisotopic (exact) mass is 387 g/mol. The molecule has 4 nitrogen and oxygen atoms in total. The predicted octanol–water partition coefficient (Wildman–Crippen LogP) is 4.40. The number of amides is 1. The van der Waals surface area contributed by atoms with Gasteiger partial charge in [-0.1, -0.05) is 11.6 Å². The van der Waals surface area contributed by atoms with Crippen LogP contribution in [0.5, 0.6) is 11.5 Å². The first kappa shape index (κ1) is 19.9. The second-order valence-electron chi connectivity index (χ2n) is 5.52. The molecule has 0 saturated carbocycles. The van der Waals surface area contributed by atoms with Gasteiger partial charge in [0.2, 0.25) is 0 Å². The standard InChI is InChI=1S/C18H17ClF3NO3/c1-23(10-12-9-14(19)5-8-16(12)25-2)17(24)11-26-15-6-3-13(4-7-15)18(20,21)22/h3-9H,10-11H2,1-2H3. The third kappa shape index (κ3) is 5.29. The van der Waals surface area contributed by atoms with Gasteiger partial charge in [-0.15, -0.1) is 0 Å². The van der Waals surface area contributed by atoms with Crippen molar-refractivity contribution in [2.24, 2.45) is 0 Å². The van der Waals surface area contributed by atoms with Crippen molar-refractivity contribution in [2.45, 2.75) is 12.7 Å². The topological polar surface area (TPSA) is 38.8 Å². The van der Waals surface area contributed by atoms with Crippen molar-refractivity contribution < 1.29 is 27.4 Å². The zero-order valence-corrected chi connectivity index (χ0v) is 14.9. The number of carbonyl (C=O) groups is 1. The minimum absolute atomic E-state index is 0.181. The van der Waals surface area contributed by atoms with E-state index in [9.17, 15) is 18.0 Å². The summed E-state index contributed by atoms with van der Waals surface area (Å²) in [6, 6.07) is 9.24. The maximum absolute atomic E-state index is 12.5. The van der Waals surface area contributed by atoms with Crippen LogP contribution >= 0.6 is 11.6 Å². The highest BCUT2D eigenvalue weighted by atomic mass is 35.5. The van der Waals surface area contributed by atoms with E-state index in [0.29, 0.717) is 10.8 Å². The molecule has 0 aromatic heterocycles. The fourth-order valence-electron chi connectivity index (χ4n) is 2.21. The maximum Gasteiger partial charge on any atom is 0.416 e. The minimum atomic E-state index is -4.41. The number of hydrogen-bond donors (Lipinski definition) is 0. The molecule has 0 aliphatic rings. The lowest BCUT2D eigenvalue weighted by atomic mass is 10.2. The Morgan fingerprint density at radius 1 is 1.15 bits per heavy atom. The molecule has 0 bridgehead atoms. The van der Waals surface area contributed by atoms with Gasteiger partial charge >= 0.3 is 6.18 Å². The van der Waals surface area contributed by atoms with Gasteiger partial charge in [0.25, 0.3) is 5.91 Å². The molecule has 0 unspecified atom stereocenters. The van der Waals surface area contributed by atoms with Crippen molar-refractivity contribution in [1.82, 2.24) is 4.90 Å². The number of hydrogen-bond acceptors (Lipinski definition) is 3. The molecule has 0 spiro atoms. The number of benzene rings is 2. The highest BCUT2D eigenvalue weighted by Gasteiger charge is 2.30. The lowest BCUT2D eigenvalue weighted by Crippen LogP contribution is -2.31. The first-order valence-electron chi connectivity index (χ1n) is 7.57. The number of carbonyl (C=O) groups excluding carboxylic acids is 1. The smallest absolute Gasteiger partial charge is 0.416 e. The van der Waals surface area contributed by atoms with Crippen LogP contribution in [0.4, 0.5) is 13.2 Å². The van der Waals surface area contributed by atoms with E-state index in [2.05, 4.69) is 0 Å². The van der Waals surface area contributed by atoms with Crippen LogP contribution < -0.4 is 9.47 Å². The average molecular weight is 388 g/mol. The predicted molar refractivity (Wildman–Crippen MR) is 91.4 cm³/mol. The number of alkyl halides is 3. The van der Waals surface area contributed by atoms with Gasteiger partial charge in [-0.05, 0) is 42.5 Å². The van der Waals surface area contributed by atoms with Gasteiger partial charge in [-0.25, -0.2) is 0 Å².